The van der Waals surface area contributed by atoms with Gasteiger partial charge in [-0.2, -0.15) is 13.2 Å². The number of carbonyl (C=O) groups excluding carboxylic acids is 2. The Labute approximate surface area is 199 Å². The van der Waals surface area contributed by atoms with E-state index < -0.39 is 23.7 Å². The molecule has 182 valence electrons. The molecule has 0 fully saturated rings. The molecule has 0 atom stereocenters. The predicted octanol–water partition coefficient (Wildman–Crippen LogP) is 4.55. The summed E-state index contributed by atoms with van der Waals surface area (Å²) in [6.45, 7) is 2.17. The summed E-state index contributed by atoms with van der Waals surface area (Å²) in [5.41, 5.74) is 5.46. The zero-order valence-corrected chi connectivity index (χ0v) is 18.6. The average molecular weight is 485 g/mol. The van der Waals surface area contributed by atoms with E-state index in [1.165, 1.54) is 24.3 Å². The van der Waals surface area contributed by atoms with E-state index in [1.54, 1.807) is 43.3 Å². The Balaban J connectivity index is 1.85. The number of halogens is 3. The molecule has 0 aliphatic heterocycles. The summed E-state index contributed by atoms with van der Waals surface area (Å²) in [6.07, 6.45) is -2.00. The number of nitrogens with zero attached hydrogens (tertiary/aromatic N) is 2. The van der Waals surface area contributed by atoms with Gasteiger partial charge in [0.25, 0.3) is 0 Å². The minimum absolute atomic E-state index is 0.0525. The molecule has 0 aliphatic carbocycles. The standard InChI is InChI=1S/C24H22F3N5O3/c1-2-29-23(34)35-18-10-8-17(9-11-18)31-22-30-14-19(24(25,26)27)20(32-22)12-7-15-5-3-4-6-16(15)13-21(28)33/h3-12,14H,2,13H2,1H3,(H2,28,33)(H,29,34)(H,30,31,32). The monoisotopic (exact) mass is 485 g/mol. The van der Waals surface area contributed by atoms with E-state index >= 15 is 0 Å². The maximum Gasteiger partial charge on any atom is 0.419 e. The first-order chi connectivity index (χ1) is 16.7. The second-order valence-corrected chi connectivity index (χ2v) is 7.23. The van der Waals surface area contributed by atoms with Gasteiger partial charge in [-0.1, -0.05) is 30.3 Å². The molecule has 2 amide bonds. The van der Waals surface area contributed by atoms with Crippen molar-refractivity contribution in [3.8, 4) is 5.75 Å². The number of carbonyl (C=O) groups is 2. The number of ether oxygens (including phenoxy) is 1. The van der Waals surface area contributed by atoms with E-state index in [2.05, 4.69) is 20.6 Å². The zero-order chi connectivity index (χ0) is 25.4. The highest BCUT2D eigenvalue weighted by atomic mass is 19.4. The van der Waals surface area contributed by atoms with Crippen LogP contribution >= 0.6 is 0 Å². The highest BCUT2D eigenvalue weighted by molar-refractivity contribution is 5.80. The van der Waals surface area contributed by atoms with Crippen LogP contribution in [0.4, 0.5) is 29.6 Å². The number of amides is 2. The van der Waals surface area contributed by atoms with Gasteiger partial charge in [0.05, 0.1) is 17.7 Å². The second-order valence-electron chi connectivity index (χ2n) is 7.23. The van der Waals surface area contributed by atoms with Crippen LogP contribution in [0.2, 0.25) is 0 Å². The van der Waals surface area contributed by atoms with Gasteiger partial charge in [-0.15, -0.1) is 0 Å². The van der Waals surface area contributed by atoms with E-state index in [0.29, 0.717) is 29.6 Å². The smallest absolute Gasteiger partial charge is 0.410 e. The fourth-order valence-electron chi connectivity index (χ4n) is 3.04. The first-order valence-corrected chi connectivity index (χ1v) is 10.5. The van der Waals surface area contributed by atoms with Gasteiger partial charge in [-0.3, -0.25) is 4.79 Å². The number of primary amides is 1. The number of benzene rings is 2. The topological polar surface area (TPSA) is 119 Å². The number of alkyl halides is 3. The van der Waals surface area contributed by atoms with Crippen LogP contribution in [0.15, 0.2) is 54.7 Å². The Morgan fingerprint density at radius 3 is 2.46 bits per heavy atom. The number of aromatic nitrogens is 2. The maximum atomic E-state index is 13.5. The van der Waals surface area contributed by atoms with E-state index in [9.17, 15) is 22.8 Å². The minimum atomic E-state index is -4.68. The third-order valence-corrected chi connectivity index (χ3v) is 4.61. The predicted molar refractivity (Wildman–Crippen MR) is 125 cm³/mol. The molecule has 4 N–H and O–H groups in total. The lowest BCUT2D eigenvalue weighted by atomic mass is 10.0. The van der Waals surface area contributed by atoms with Gasteiger partial charge in [0.1, 0.15) is 5.75 Å². The molecule has 0 saturated heterocycles. The van der Waals surface area contributed by atoms with Crippen molar-refractivity contribution in [2.24, 2.45) is 5.73 Å². The molecule has 1 heterocycles. The molecule has 8 nitrogen and oxygen atoms in total. The van der Waals surface area contributed by atoms with Crippen molar-refractivity contribution in [2.75, 3.05) is 11.9 Å². The quantitative estimate of drug-likeness (QED) is 0.431. The molecule has 11 heteroatoms. The number of hydrogen-bond acceptors (Lipinski definition) is 6. The molecule has 0 unspecified atom stereocenters. The lowest BCUT2D eigenvalue weighted by molar-refractivity contribution is -0.138. The molecule has 35 heavy (non-hydrogen) atoms. The van der Waals surface area contributed by atoms with Crippen molar-refractivity contribution in [3.05, 3.63) is 77.1 Å². The molecular formula is C24H22F3N5O3. The number of anilines is 2. The Kier molecular flexibility index (Phi) is 8.03. The van der Waals surface area contributed by atoms with Crippen LogP contribution < -0.4 is 21.1 Å². The van der Waals surface area contributed by atoms with Gasteiger partial charge in [0.15, 0.2) is 0 Å². The van der Waals surface area contributed by atoms with Gasteiger partial charge >= 0.3 is 12.3 Å². The molecule has 2 aromatic carbocycles. The highest BCUT2D eigenvalue weighted by Gasteiger charge is 2.34. The van der Waals surface area contributed by atoms with Crippen molar-refractivity contribution in [1.29, 1.82) is 0 Å². The van der Waals surface area contributed by atoms with E-state index in [1.807, 2.05) is 0 Å². The van der Waals surface area contributed by atoms with Crippen molar-refractivity contribution < 1.29 is 27.5 Å². The third-order valence-electron chi connectivity index (χ3n) is 4.61. The SMILES string of the molecule is CCNC(=O)Oc1ccc(Nc2ncc(C(F)(F)F)c(C=Cc3ccccc3CC(N)=O)n2)cc1. The Bertz CT molecular complexity index is 1230. The van der Waals surface area contributed by atoms with E-state index in [-0.39, 0.29) is 23.8 Å². The lowest BCUT2D eigenvalue weighted by Gasteiger charge is -2.12. The number of rotatable bonds is 8. The van der Waals surface area contributed by atoms with Crippen molar-refractivity contribution in [1.82, 2.24) is 15.3 Å². The normalized spacial score (nSPS) is 11.3. The maximum absolute atomic E-state index is 13.5. The van der Waals surface area contributed by atoms with Gasteiger partial charge in [-0.25, -0.2) is 14.8 Å². The van der Waals surface area contributed by atoms with Crippen molar-refractivity contribution in [3.63, 3.8) is 0 Å². The van der Waals surface area contributed by atoms with Crippen LogP contribution in [0.3, 0.4) is 0 Å². The highest BCUT2D eigenvalue weighted by Crippen LogP contribution is 2.32. The largest absolute Gasteiger partial charge is 0.419 e. The Hall–Kier alpha value is -4.41. The van der Waals surface area contributed by atoms with Crippen LogP contribution in [-0.2, 0) is 17.4 Å². The molecule has 0 aliphatic rings. The molecule has 3 aromatic rings. The summed E-state index contributed by atoms with van der Waals surface area (Å²) in [6, 6.07) is 12.9. The van der Waals surface area contributed by atoms with E-state index in [0.717, 1.165) is 0 Å². The molecular weight excluding hydrogens is 463 g/mol. The number of nitrogens with one attached hydrogen (secondary N) is 2. The van der Waals surface area contributed by atoms with Crippen LogP contribution in [-0.4, -0.2) is 28.5 Å². The fourth-order valence-corrected chi connectivity index (χ4v) is 3.04. The van der Waals surface area contributed by atoms with Crippen LogP contribution in [0.25, 0.3) is 12.2 Å². The Morgan fingerprint density at radius 2 is 1.80 bits per heavy atom. The summed E-state index contributed by atoms with van der Waals surface area (Å²) >= 11 is 0. The molecule has 0 spiro atoms. The molecule has 0 bridgehead atoms. The van der Waals surface area contributed by atoms with Crippen LogP contribution in [0, 0.1) is 0 Å². The minimum Gasteiger partial charge on any atom is -0.410 e. The van der Waals surface area contributed by atoms with Crippen molar-refractivity contribution >= 4 is 35.8 Å². The third kappa shape index (κ3) is 7.29. The summed E-state index contributed by atoms with van der Waals surface area (Å²) < 4.78 is 45.7. The van der Waals surface area contributed by atoms with Gasteiger partial charge in [0, 0.05) is 18.4 Å². The first-order valence-electron chi connectivity index (χ1n) is 10.5. The van der Waals surface area contributed by atoms with Crippen molar-refractivity contribution in [2.45, 2.75) is 19.5 Å². The summed E-state index contributed by atoms with van der Waals surface area (Å²) in [7, 11) is 0. The summed E-state index contributed by atoms with van der Waals surface area (Å²) in [5, 5.41) is 5.31. The number of nitrogens with two attached hydrogens (primary N) is 1. The molecule has 0 radical (unpaired) electrons. The van der Waals surface area contributed by atoms with Gasteiger partial charge < -0.3 is 21.1 Å². The molecule has 1 aromatic heterocycles. The fraction of sp³-hybridized carbons (Fsp3) is 0.167. The van der Waals surface area contributed by atoms with Gasteiger partial charge in [0.2, 0.25) is 11.9 Å². The van der Waals surface area contributed by atoms with Gasteiger partial charge in [-0.05, 0) is 48.4 Å². The zero-order valence-electron chi connectivity index (χ0n) is 18.6. The lowest BCUT2D eigenvalue weighted by Crippen LogP contribution is -2.26. The molecule has 3 rings (SSSR count). The first kappa shape index (κ1) is 25.2. The Morgan fingerprint density at radius 1 is 1.09 bits per heavy atom. The second kappa shape index (κ2) is 11.1. The summed E-state index contributed by atoms with van der Waals surface area (Å²) in [5.74, 6) is -0.341. The summed E-state index contributed by atoms with van der Waals surface area (Å²) in [4.78, 5) is 30.6. The molecule has 0 saturated carbocycles. The number of hydrogen-bond donors (Lipinski definition) is 3. The average Bonchev–Trinajstić information content (AvgIpc) is 2.79. The van der Waals surface area contributed by atoms with Crippen LogP contribution in [0.1, 0.15) is 29.3 Å². The van der Waals surface area contributed by atoms with Crippen LogP contribution in [0.5, 0.6) is 5.75 Å². The van der Waals surface area contributed by atoms with E-state index in [4.69, 9.17) is 10.5 Å².